The molecule has 2 aromatic carbocycles. The van der Waals surface area contributed by atoms with E-state index in [1.165, 1.54) is 34.6 Å². The molecule has 4 atom stereocenters. The van der Waals surface area contributed by atoms with Crippen molar-refractivity contribution in [1.82, 2.24) is 14.2 Å². The number of methoxy groups -OCH3 is 1. The van der Waals surface area contributed by atoms with Gasteiger partial charge < -0.3 is 24.8 Å². The first kappa shape index (κ1) is 40.6. The summed E-state index contributed by atoms with van der Waals surface area (Å²) in [5.41, 5.74) is 7.53. The van der Waals surface area contributed by atoms with Gasteiger partial charge in [0.1, 0.15) is 17.2 Å². The minimum Gasteiger partial charge on any atom is -0.497 e. The molecule has 5 rings (SSSR count). The zero-order valence-electron chi connectivity index (χ0n) is 31.0. The third-order valence-electron chi connectivity index (χ3n) is 9.97. The Hall–Kier alpha value is -3.62. The van der Waals surface area contributed by atoms with E-state index >= 15 is 4.39 Å². The second-order valence-corrected chi connectivity index (χ2v) is 17.2. The number of ether oxygens (including phenoxy) is 3. The average Bonchev–Trinajstić information content (AvgIpc) is 3.11. The lowest BCUT2D eigenvalue weighted by Crippen LogP contribution is -2.61. The number of halogens is 2. The number of sulfonamides is 1. The van der Waals surface area contributed by atoms with Gasteiger partial charge in [-0.3, -0.25) is 9.78 Å². The predicted molar refractivity (Wildman–Crippen MR) is 200 cm³/mol. The predicted octanol–water partition coefficient (Wildman–Crippen LogP) is 6.16. The van der Waals surface area contributed by atoms with Gasteiger partial charge in [0.05, 0.1) is 24.2 Å². The number of hydrogen-bond donors (Lipinski definition) is 1. The first-order valence-corrected chi connectivity index (χ1v) is 19.8. The summed E-state index contributed by atoms with van der Waals surface area (Å²) in [6.07, 6.45) is 3.54. The number of benzene rings is 2. The third-order valence-corrected chi connectivity index (χ3v) is 12.3. The SMILES string of the molecule is COc1ccc(S(=O)(=O)N2[C@@H](CCc3c(F)cncc3CC(=O)[C@@H](N)[C@@H](c3ccc(Cl)cc3)C3CCOCC3)CN(C(=O)OC(C)(C)C)C[C@@H]2C)cc1. The average molecular weight is 773 g/mol. The van der Waals surface area contributed by atoms with Crippen molar-refractivity contribution in [2.75, 3.05) is 33.4 Å². The molecule has 0 bridgehead atoms. The number of hydrogen-bond acceptors (Lipinski definition) is 9. The molecule has 2 aliphatic rings. The molecule has 2 saturated heterocycles. The van der Waals surface area contributed by atoms with Gasteiger partial charge in [0.25, 0.3) is 0 Å². The maximum atomic E-state index is 15.7. The number of amides is 1. The summed E-state index contributed by atoms with van der Waals surface area (Å²) in [4.78, 5) is 32.9. The maximum Gasteiger partial charge on any atom is 0.410 e. The molecule has 2 aliphatic heterocycles. The van der Waals surface area contributed by atoms with Gasteiger partial charge in [-0.15, -0.1) is 0 Å². The van der Waals surface area contributed by atoms with Gasteiger partial charge in [-0.25, -0.2) is 17.6 Å². The van der Waals surface area contributed by atoms with Gasteiger partial charge >= 0.3 is 6.09 Å². The number of nitrogens with two attached hydrogens (primary N) is 1. The summed E-state index contributed by atoms with van der Waals surface area (Å²) >= 11 is 6.18. The van der Waals surface area contributed by atoms with Crippen LogP contribution in [0.25, 0.3) is 0 Å². The summed E-state index contributed by atoms with van der Waals surface area (Å²) in [6, 6.07) is 11.2. The highest BCUT2D eigenvalue weighted by Gasteiger charge is 2.43. The number of pyridine rings is 1. The molecule has 0 spiro atoms. The van der Waals surface area contributed by atoms with Crippen LogP contribution in [0.2, 0.25) is 5.02 Å². The Balaban J connectivity index is 1.41. The lowest BCUT2D eigenvalue weighted by Gasteiger charge is -2.44. The topological polar surface area (TPSA) is 141 Å². The minimum absolute atomic E-state index is 0.0222. The molecule has 53 heavy (non-hydrogen) atoms. The number of ketones is 1. The second kappa shape index (κ2) is 17.2. The van der Waals surface area contributed by atoms with Crippen molar-refractivity contribution >= 4 is 33.5 Å². The van der Waals surface area contributed by atoms with Crippen LogP contribution >= 0.6 is 11.6 Å². The Labute approximate surface area is 317 Å². The molecule has 0 saturated carbocycles. The van der Waals surface area contributed by atoms with Crippen LogP contribution in [0.4, 0.5) is 9.18 Å². The first-order valence-electron chi connectivity index (χ1n) is 18.0. The number of Topliss-reactive ketones (excluding diaryl/α,β-unsaturated/α-hetero) is 1. The van der Waals surface area contributed by atoms with Crippen LogP contribution in [0.15, 0.2) is 65.8 Å². The Morgan fingerprint density at radius 1 is 1.06 bits per heavy atom. The highest BCUT2D eigenvalue weighted by atomic mass is 35.5. The van der Waals surface area contributed by atoms with Gasteiger partial charge in [0.15, 0.2) is 5.78 Å². The number of carbonyl (C=O) groups is 2. The molecule has 0 radical (unpaired) electrons. The second-order valence-electron chi connectivity index (χ2n) is 14.9. The van der Waals surface area contributed by atoms with Crippen LogP contribution in [0.3, 0.4) is 0 Å². The molecular formula is C39H50ClFN4O7S. The van der Waals surface area contributed by atoms with Crippen LogP contribution in [0.1, 0.15) is 69.6 Å². The quantitative estimate of drug-likeness (QED) is 0.229. The minimum atomic E-state index is -4.07. The van der Waals surface area contributed by atoms with Crippen LogP contribution < -0.4 is 10.5 Å². The molecule has 0 aliphatic carbocycles. The fourth-order valence-electron chi connectivity index (χ4n) is 7.45. The highest BCUT2D eigenvalue weighted by molar-refractivity contribution is 7.89. The lowest BCUT2D eigenvalue weighted by molar-refractivity contribution is -0.120. The molecule has 0 unspecified atom stereocenters. The highest BCUT2D eigenvalue weighted by Crippen LogP contribution is 2.36. The smallest absolute Gasteiger partial charge is 0.410 e. The maximum absolute atomic E-state index is 15.7. The van der Waals surface area contributed by atoms with Crippen molar-refractivity contribution < 1.29 is 36.6 Å². The Morgan fingerprint density at radius 2 is 1.72 bits per heavy atom. The molecular weight excluding hydrogens is 723 g/mol. The van der Waals surface area contributed by atoms with Gasteiger partial charge in [-0.05, 0) is 112 Å². The van der Waals surface area contributed by atoms with Gasteiger partial charge in [0.2, 0.25) is 10.0 Å². The largest absolute Gasteiger partial charge is 0.497 e. The summed E-state index contributed by atoms with van der Waals surface area (Å²) in [6.45, 7) is 8.29. The molecule has 1 aromatic heterocycles. The van der Waals surface area contributed by atoms with Crippen LogP contribution in [-0.4, -0.2) is 91.6 Å². The van der Waals surface area contributed by atoms with E-state index in [4.69, 9.17) is 31.5 Å². The van der Waals surface area contributed by atoms with E-state index in [2.05, 4.69) is 4.98 Å². The number of carbonyl (C=O) groups excluding carboxylic acids is 2. The van der Waals surface area contributed by atoms with Crippen LogP contribution in [0.5, 0.6) is 5.75 Å². The number of nitrogens with zero attached hydrogens (tertiary/aromatic N) is 3. The van der Waals surface area contributed by atoms with E-state index in [0.29, 0.717) is 29.5 Å². The third kappa shape index (κ3) is 9.93. The van der Waals surface area contributed by atoms with Gasteiger partial charge in [-0.2, -0.15) is 4.31 Å². The van der Waals surface area contributed by atoms with Crippen molar-refractivity contribution in [3.8, 4) is 5.75 Å². The van der Waals surface area contributed by atoms with Crippen molar-refractivity contribution in [3.63, 3.8) is 0 Å². The van der Waals surface area contributed by atoms with Crippen LogP contribution in [-0.2, 0) is 37.1 Å². The van der Waals surface area contributed by atoms with Crippen molar-refractivity contribution in [1.29, 1.82) is 0 Å². The van der Waals surface area contributed by atoms with Crippen molar-refractivity contribution in [3.05, 3.63) is 88.5 Å². The van der Waals surface area contributed by atoms with Gasteiger partial charge in [-0.1, -0.05) is 23.7 Å². The molecule has 2 fully saturated rings. The molecule has 14 heteroatoms. The summed E-state index contributed by atoms with van der Waals surface area (Å²) in [5, 5.41) is 0.576. The Morgan fingerprint density at radius 3 is 2.34 bits per heavy atom. The number of rotatable bonds is 12. The zero-order chi connectivity index (χ0) is 38.5. The molecule has 1 amide bonds. The molecule has 3 heterocycles. The molecule has 11 nitrogen and oxygen atoms in total. The molecule has 288 valence electrons. The van der Waals surface area contributed by atoms with E-state index in [1.54, 1.807) is 52.0 Å². The number of aromatic nitrogens is 1. The first-order chi connectivity index (χ1) is 25.1. The van der Waals surface area contributed by atoms with Crippen molar-refractivity contribution in [2.45, 2.75) is 94.3 Å². The van der Waals surface area contributed by atoms with Crippen molar-refractivity contribution in [2.24, 2.45) is 11.7 Å². The molecule has 3 aromatic rings. The fraction of sp³-hybridized carbons (Fsp3) is 0.513. The number of piperazine rings is 1. The monoisotopic (exact) mass is 772 g/mol. The lowest BCUT2D eigenvalue weighted by atomic mass is 9.75. The van der Waals surface area contributed by atoms with E-state index in [1.807, 2.05) is 12.1 Å². The zero-order valence-corrected chi connectivity index (χ0v) is 32.5. The fourth-order valence-corrected chi connectivity index (χ4v) is 9.40. The van der Waals surface area contributed by atoms with E-state index in [0.717, 1.165) is 24.6 Å². The Kier molecular flexibility index (Phi) is 13.2. The summed E-state index contributed by atoms with van der Waals surface area (Å²) in [7, 11) is -2.57. The van der Waals surface area contributed by atoms with Crippen LogP contribution in [0, 0.1) is 11.7 Å². The summed E-state index contributed by atoms with van der Waals surface area (Å²) in [5.74, 6) is -0.566. The van der Waals surface area contributed by atoms with Gasteiger partial charge in [0, 0.05) is 61.9 Å². The normalized spacial score (nSPS) is 20.1. The standard InChI is InChI=1S/C39H50ClFN4O7S/c1-25-23-44(38(47)52-39(2,3)4)24-30(45(25)53(48,49)32-13-11-31(50-5)12-14-32)10-15-33-28(21-43-22-34(33)41)20-35(46)37(42)36(27-16-18-51-19-17-27)26-6-8-29(40)9-7-26/h6-9,11-14,21-22,25,27,30,36-37H,10,15-20,23-24,42H2,1-5H3/t25-,30-,36-,37+/m0/s1. The molecule has 2 N–H and O–H groups in total. The van der Waals surface area contributed by atoms with E-state index < -0.39 is 45.7 Å². The summed E-state index contributed by atoms with van der Waals surface area (Å²) < 4.78 is 61.9. The Bertz CT molecular complexity index is 1830. The van der Waals surface area contributed by atoms with E-state index in [9.17, 15) is 18.0 Å². The van der Waals surface area contributed by atoms with E-state index in [-0.39, 0.29) is 60.4 Å².